The van der Waals surface area contributed by atoms with Gasteiger partial charge in [-0.1, -0.05) is 12.1 Å². The fourth-order valence-corrected chi connectivity index (χ4v) is 2.59. The summed E-state index contributed by atoms with van der Waals surface area (Å²) in [6.07, 6.45) is 0. The number of rotatable bonds is 5. The molecular weight excluding hydrogens is 312 g/mol. The monoisotopic (exact) mass is 334 g/mol. The van der Waals surface area contributed by atoms with E-state index in [4.69, 9.17) is 0 Å². The first kappa shape index (κ1) is 19.9. The maximum absolute atomic E-state index is 12.2. The van der Waals surface area contributed by atoms with Gasteiger partial charge in [-0.25, -0.2) is 8.42 Å². The van der Waals surface area contributed by atoms with Gasteiger partial charge in [-0.3, -0.25) is 4.79 Å². The molecule has 0 aliphatic rings. The lowest BCUT2D eigenvalue weighted by Crippen LogP contribution is -2.29. The van der Waals surface area contributed by atoms with Crippen LogP contribution in [0.1, 0.15) is 26.3 Å². The number of sulfone groups is 1. The van der Waals surface area contributed by atoms with Crippen LogP contribution < -0.4 is 10.6 Å². The predicted molar refractivity (Wildman–Crippen MR) is 88.6 cm³/mol. The molecule has 0 aliphatic carbocycles. The van der Waals surface area contributed by atoms with Gasteiger partial charge in [0.25, 0.3) is 0 Å². The van der Waals surface area contributed by atoms with Crippen molar-refractivity contribution < 1.29 is 13.2 Å². The number of likely N-dealkylation sites (N-methyl/N-ethyl adjacent to an activating group) is 1. The molecule has 0 fully saturated rings. The van der Waals surface area contributed by atoms with E-state index in [1.54, 1.807) is 52.1 Å². The van der Waals surface area contributed by atoms with Gasteiger partial charge >= 0.3 is 0 Å². The maximum Gasteiger partial charge on any atom is 0.238 e. The summed E-state index contributed by atoms with van der Waals surface area (Å²) in [4.78, 5) is 11.5. The molecule has 0 saturated heterocycles. The molecule has 0 heterocycles. The molecular formula is C14H23ClN2O3S. The largest absolute Gasteiger partial charge is 0.325 e. The zero-order chi connectivity index (χ0) is 15.4. The first-order valence-corrected chi connectivity index (χ1v) is 8.06. The third-order valence-corrected chi connectivity index (χ3v) is 5.42. The molecule has 0 bridgehead atoms. The minimum Gasteiger partial charge on any atom is -0.325 e. The van der Waals surface area contributed by atoms with Crippen molar-refractivity contribution in [2.45, 2.75) is 31.3 Å². The molecule has 0 atom stereocenters. The Morgan fingerprint density at radius 3 is 2.38 bits per heavy atom. The molecule has 21 heavy (non-hydrogen) atoms. The lowest BCUT2D eigenvalue weighted by molar-refractivity contribution is -0.115. The van der Waals surface area contributed by atoms with Crippen molar-refractivity contribution in [3.63, 3.8) is 0 Å². The van der Waals surface area contributed by atoms with Gasteiger partial charge in [0.2, 0.25) is 5.91 Å². The second kappa shape index (κ2) is 7.77. The smallest absolute Gasteiger partial charge is 0.238 e. The van der Waals surface area contributed by atoms with Crippen molar-refractivity contribution in [3.8, 4) is 0 Å². The molecule has 0 aliphatic heterocycles. The summed E-state index contributed by atoms with van der Waals surface area (Å²) >= 11 is 0. The van der Waals surface area contributed by atoms with Crippen LogP contribution >= 0.6 is 12.4 Å². The van der Waals surface area contributed by atoms with Crippen molar-refractivity contribution in [1.29, 1.82) is 0 Å². The molecule has 0 radical (unpaired) electrons. The molecule has 120 valence electrons. The van der Waals surface area contributed by atoms with Crippen LogP contribution in [-0.2, 0) is 20.4 Å². The van der Waals surface area contributed by atoms with Crippen LogP contribution in [0.2, 0.25) is 0 Å². The highest BCUT2D eigenvalue weighted by atomic mass is 35.5. The molecule has 1 rings (SSSR count). The van der Waals surface area contributed by atoms with E-state index < -0.39 is 14.6 Å². The number of halogens is 1. The Morgan fingerprint density at radius 1 is 1.24 bits per heavy atom. The number of amides is 1. The number of hydrogen-bond acceptors (Lipinski definition) is 4. The van der Waals surface area contributed by atoms with E-state index >= 15 is 0 Å². The third-order valence-electron chi connectivity index (χ3n) is 2.84. The van der Waals surface area contributed by atoms with Crippen LogP contribution in [0.5, 0.6) is 0 Å². The second-order valence-corrected chi connectivity index (χ2v) is 8.39. The van der Waals surface area contributed by atoms with Crippen LogP contribution in [-0.4, -0.2) is 32.7 Å². The Morgan fingerprint density at radius 2 is 1.86 bits per heavy atom. The van der Waals surface area contributed by atoms with Crippen LogP contribution in [0, 0.1) is 0 Å². The fourth-order valence-electron chi connectivity index (χ4n) is 1.54. The van der Waals surface area contributed by atoms with Gasteiger partial charge in [0.15, 0.2) is 9.84 Å². The van der Waals surface area contributed by atoms with Gasteiger partial charge in [-0.2, -0.15) is 0 Å². The van der Waals surface area contributed by atoms with E-state index in [9.17, 15) is 13.2 Å². The minimum absolute atomic E-state index is 0. The van der Waals surface area contributed by atoms with Crippen LogP contribution in [0.15, 0.2) is 24.3 Å². The van der Waals surface area contributed by atoms with Gasteiger partial charge in [-0.05, 0) is 45.5 Å². The summed E-state index contributed by atoms with van der Waals surface area (Å²) in [5.74, 6) is -0.199. The summed E-state index contributed by atoms with van der Waals surface area (Å²) in [6.45, 7) is 5.26. The minimum atomic E-state index is -3.23. The highest BCUT2D eigenvalue weighted by Gasteiger charge is 2.28. The lowest BCUT2D eigenvalue weighted by Gasteiger charge is -2.19. The van der Waals surface area contributed by atoms with E-state index in [2.05, 4.69) is 10.6 Å². The highest BCUT2D eigenvalue weighted by Crippen LogP contribution is 2.22. The third kappa shape index (κ3) is 6.03. The summed E-state index contributed by atoms with van der Waals surface area (Å²) in [7, 11) is -1.54. The predicted octanol–water partition coefficient (Wildman–Crippen LogP) is 1.98. The Bertz CT molecular complexity index is 580. The van der Waals surface area contributed by atoms with E-state index in [1.165, 1.54) is 0 Å². The number of anilines is 1. The second-order valence-electron chi connectivity index (χ2n) is 5.65. The molecule has 0 saturated carbocycles. The maximum atomic E-state index is 12.2. The normalized spacial score (nSPS) is 11.6. The van der Waals surface area contributed by atoms with Gasteiger partial charge in [0, 0.05) is 5.69 Å². The van der Waals surface area contributed by atoms with Crippen molar-refractivity contribution in [2.24, 2.45) is 0 Å². The van der Waals surface area contributed by atoms with E-state index in [0.717, 1.165) is 0 Å². The average molecular weight is 335 g/mol. The van der Waals surface area contributed by atoms with Crippen molar-refractivity contribution in [2.75, 3.05) is 18.9 Å². The molecule has 1 aromatic carbocycles. The topological polar surface area (TPSA) is 75.3 Å². The summed E-state index contributed by atoms with van der Waals surface area (Å²) in [6, 6.07) is 6.91. The molecule has 2 N–H and O–H groups in total. The number of carbonyl (C=O) groups excluding carboxylic acids is 1. The number of hydrogen-bond donors (Lipinski definition) is 2. The van der Waals surface area contributed by atoms with E-state index in [-0.39, 0.29) is 30.6 Å². The molecule has 5 nitrogen and oxygen atoms in total. The average Bonchev–Trinajstić information content (AvgIpc) is 2.27. The Labute approximate surface area is 132 Å². The number of carbonyl (C=O) groups is 1. The molecule has 1 amide bonds. The molecule has 0 aromatic heterocycles. The van der Waals surface area contributed by atoms with Gasteiger partial charge in [0.05, 0.1) is 17.0 Å². The molecule has 0 spiro atoms. The van der Waals surface area contributed by atoms with Gasteiger partial charge < -0.3 is 10.6 Å². The number of benzene rings is 1. The van der Waals surface area contributed by atoms with Crippen molar-refractivity contribution in [3.05, 3.63) is 29.8 Å². The molecule has 1 aromatic rings. The van der Waals surface area contributed by atoms with Crippen LogP contribution in [0.25, 0.3) is 0 Å². The number of nitrogens with one attached hydrogen (secondary N) is 2. The summed E-state index contributed by atoms with van der Waals surface area (Å²) in [5, 5.41) is 5.46. The van der Waals surface area contributed by atoms with Crippen molar-refractivity contribution >= 4 is 33.8 Å². The molecule has 7 heteroatoms. The Balaban J connectivity index is 0.00000400. The zero-order valence-corrected chi connectivity index (χ0v) is 14.4. The van der Waals surface area contributed by atoms with Crippen LogP contribution in [0.4, 0.5) is 5.69 Å². The zero-order valence-electron chi connectivity index (χ0n) is 12.8. The SMILES string of the molecule is CNCC(=O)Nc1cccc(CS(=O)(=O)C(C)(C)C)c1.Cl. The lowest BCUT2D eigenvalue weighted by atomic mass is 10.2. The quantitative estimate of drug-likeness (QED) is 0.863. The summed E-state index contributed by atoms with van der Waals surface area (Å²) in [5.41, 5.74) is 1.27. The van der Waals surface area contributed by atoms with Gasteiger partial charge in [-0.15, -0.1) is 12.4 Å². The van der Waals surface area contributed by atoms with E-state index in [0.29, 0.717) is 11.3 Å². The van der Waals surface area contributed by atoms with Crippen LogP contribution in [0.3, 0.4) is 0 Å². The first-order chi connectivity index (χ1) is 9.15. The Kier molecular flexibility index (Phi) is 7.36. The summed E-state index contributed by atoms with van der Waals surface area (Å²) < 4.78 is 23.5. The fraction of sp³-hybridized carbons (Fsp3) is 0.500. The van der Waals surface area contributed by atoms with E-state index in [1.807, 2.05) is 0 Å². The van der Waals surface area contributed by atoms with Gasteiger partial charge in [0.1, 0.15) is 0 Å². The highest BCUT2D eigenvalue weighted by molar-refractivity contribution is 7.91. The molecule has 0 unspecified atom stereocenters. The Hall–Kier alpha value is -1.11. The standard InChI is InChI=1S/C14H22N2O3S.ClH/c1-14(2,3)20(18,19)10-11-6-5-7-12(8-11)16-13(17)9-15-4;/h5-8,15H,9-10H2,1-4H3,(H,16,17);1H. The van der Waals surface area contributed by atoms with Crippen molar-refractivity contribution in [1.82, 2.24) is 5.32 Å². The first-order valence-electron chi connectivity index (χ1n) is 6.41.